The van der Waals surface area contributed by atoms with E-state index in [-0.39, 0.29) is 18.0 Å². The van der Waals surface area contributed by atoms with Crippen molar-refractivity contribution in [3.8, 4) is 0 Å². The average molecular weight is 399 g/mol. The fourth-order valence-corrected chi connectivity index (χ4v) is 3.06. The van der Waals surface area contributed by atoms with Gasteiger partial charge in [0.15, 0.2) is 6.23 Å². The molecule has 4 atom stereocenters. The Bertz CT molecular complexity index is 709. The molecule has 1 aliphatic heterocycles. The minimum absolute atomic E-state index is 0.136. The van der Waals surface area contributed by atoms with Crippen LogP contribution >= 0.6 is 0 Å². The molecule has 0 saturated carbocycles. The summed E-state index contributed by atoms with van der Waals surface area (Å²) in [6, 6.07) is 0. The van der Waals surface area contributed by atoms with Crippen molar-refractivity contribution in [3.05, 3.63) is 22.2 Å². The largest absolute Gasteiger partial charge is 0.462 e. The number of hydrogen-bond donors (Lipinski definition) is 4. The van der Waals surface area contributed by atoms with Crippen LogP contribution in [0, 0.1) is 0 Å². The number of rotatable bonds is 10. The van der Waals surface area contributed by atoms with E-state index in [4.69, 9.17) is 15.2 Å². The molecule has 0 bridgehead atoms. The highest BCUT2D eigenvalue weighted by atomic mass is 16.6. The first-order chi connectivity index (χ1) is 13.4. The number of unbranched alkanes of at least 4 members (excludes halogenated alkanes) is 5. The molecule has 1 saturated heterocycles. The van der Waals surface area contributed by atoms with Gasteiger partial charge in [-0.3, -0.25) is 4.57 Å². The van der Waals surface area contributed by atoms with E-state index in [0.717, 1.165) is 42.9 Å². The summed E-state index contributed by atoms with van der Waals surface area (Å²) in [5.74, 6) is -1.03. The molecule has 1 aliphatic rings. The lowest BCUT2D eigenvalue weighted by atomic mass is 10.1. The predicted molar refractivity (Wildman–Crippen MR) is 99.6 cm³/mol. The summed E-state index contributed by atoms with van der Waals surface area (Å²) < 4.78 is 11.4. The molecule has 0 radical (unpaired) electrons. The third kappa shape index (κ3) is 5.28. The molecule has 0 aliphatic carbocycles. The maximum Gasteiger partial charge on any atom is 0.351 e. The Balaban J connectivity index is 2.03. The van der Waals surface area contributed by atoms with Gasteiger partial charge in [0.1, 0.15) is 29.7 Å². The van der Waals surface area contributed by atoms with Crippen molar-refractivity contribution >= 4 is 11.8 Å². The van der Waals surface area contributed by atoms with Crippen molar-refractivity contribution < 1.29 is 29.6 Å². The molecule has 10 heteroatoms. The van der Waals surface area contributed by atoms with Crippen molar-refractivity contribution in [3.63, 3.8) is 0 Å². The highest BCUT2D eigenvalue weighted by molar-refractivity contribution is 5.93. The van der Waals surface area contributed by atoms with Crippen LogP contribution in [-0.2, 0) is 9.47 Å². The number of nitrogens with two attached hydrogens (primary N) is 1. The standard InChI is InChI=1S/C18H29N3O7/c1-2-3-4-5-6-7-8-27-17(25)11-9-21(18(26)20-15(11)19)16-14(24)13(23)12(10-22)28-16/h9,12-14,16,22-24H,2-8,10H2,1H3,(H2,19,20,26)/t12-,13-,14+,16-/m1/s1. The second-order valence-corrected chi connectivity index (χ2v) is 6.86. The zero-order chi connectivity index (χ0) is 20.7. The van der Waals surface area contributed by atoms with Crippen LogP contribution < -0.4 is 11.4 Å². The lowest BCUT2D eigenvalue weighted by Crippen LogP contribution is -2.36. The van der Waals surface area contributed by atoms with Crippen molar-refractivity contribution in [2.24, 2.45) is 0 Å². The summed E-state index contributed by atoms with van der Waals surface area (Å²) in [5, 5.41) is 29.1. The highest BCUT2D eigenvalue weighted by Crippen LogP contribution is 2.28. The molecule has 10 nitrogen and oxygen atoms in total. The molecular formula is C18H29N3O7. The maximum absolute atomic E-state index is 12.3. The van der Waals surface area contributed by atoms with Crippen LogP contribution in [0.2, 0.25) is 0 Å². The van der Waals surface area contributed by atoms with Gasteiger partial charge in [-0.05, 0) is 6.42 Å². The van der Waals surface area contributed by atoms with Crippen LogP contribution in [0.15, 0.2) is 11.0 Å². The fourth-order valence-electron chi connectivity index (χ4n) is 3.06. The number of hydrogen-bond acceptors (Lipinski definition) is 9. The van der Waals surface area contributed by atoms with Gasteiger partial charge < -0.3 is 30.5 Å². The Morgan fingerprint density at radius 1 is 1.25 bits per heavy atom. The molecule has 0 aromatic carbocycles. The molecule has 0 spiro atoms. The lowest BCUT2D eigenvalue weighted by Gasteiger charge is -2.18. The minimum atomic E-state index is -1.48. The molecule has 5 N–H and O–H groups in total. The van der Waals surface area contributed by atoms with Crippen LogP contribution in [0.1, 0.15) is 62.0 Å². The van der Waals surface area contributed by atoms with Crippen LogP contribution in [-0.4, -0.2) is 62.4 Å². The summed E-state index contributed by atoms with van der Waals surface area (Å²) in [4.78, 5) is 28.0. The maximum atomic E-state index is 12.3. The van der Waals surface area contributed by atoms with Crippen LogP contribution in [0.4, 0.5) is 5.82 Å². The first-order valence-electron chi connectivity index (χ1n) is 9.59. The van der Waals surface area contributed by atoms with Crippen LogP contribution in [0.25, 0.3) is 0 Å². The van der Waals surface area contributed by atoms with Gasteiger partial charge in [-0.1, -0.05) is 39.0 Å². The van der Waals surface area contributed by atoms with Crippen molar-refractivity contribution in [1.82, 2.24) is 9.55 Å². The van der Waals surface area contributed by atoms with Crippen LogP contribution in [0.3, 0.4) is 0 Å². The third-order valence-corrected chi connectivity index (χ3v) is 4.72. The summed E-state index contributed by atoms with van der Waals surface area (Å²) in [5.41, 5.74) is 4.68. The second-order valence-electron chi connectivity index (χ2n) is 6.86. The van der Waals surface area contributed by atoms with E-state index in [1.54, 1.807) is 0 Å². The summed E-state index contributed by atoms with van der Waals surface area (Å²) in [6.45, 7) is 1.82. The highest BCUT2D eigenvalue weighted by Gasteiger charge is 2.44. The number of carbonyl (C=O) groups excluding carboxylic acids is 1. The first-order valence-corrected chi connectivity index (χ1v) is 9.59. The van der Waals surface area contributed by atoms with Crippen molar-refractivity contribution in [2.75, 3.05) is 18.9 Å². The number of carbonyl (C=O) groups is 1. The third-order valence-electron chi connectivity index (χ3n) is 4.72. The number of nitrogen functional groups attached to an aromatic ring is 1. The smallest absolute Gasteiger partial charge is 0.351 e. The molecular weight excluding hydrogens is 370 g/mol. The molecule has 0 unspecified atom stereocenters. The van der Waals surface area contributed by atoms with E-state index in [1.807, 2.05) is 0 Å². The molecule has 158 valence electrons. The monoisotopic (exact) mass is 399 g/mol. The van der Waals surface area contributed by atoms with E-state index in [1.165, 1.54) is 6.42 Å². The Morgan fingerprint density at radius 3 is 2.57 bits per heavy atom. The van der Waals surface area contributed by atoms with E-state index < -0.39 is 42.8 Å². The van der Waals surface area contributed by atoms with Crippen molar-refractivity contribution in [2.45, 2.75) is 70.0 Å². The van der Waals surface area contributed by atoms with Gasteiger partial charge in [-0.25, -0.2) is 9.59 Å². The Labute approximate surface area is 162 Å². The number of ether oxygens (including phenoxy) is 2. The lowest BCUT2D eigenvalue weighted by molar-refractivity contribution is -0.0550. The Hall–Kier alpha value is -2.01. The molecule has 28 heavy (non-hydrogen) atoms. The molecule has 1 fully saturated rings. The minimum Gasteiger partial charge on any atom is -0.462 e. The van der Waals surface area contributed by atoms with E-state index in [0.29, 0.717) is 0 Å². The van der Waals surface area contributed by atoms with Gasteiger partial charge in [-0.2, -0.15) is 4.98 Å². The molecule has 2 heterocycles. The summed E-state index contributed by atoms with van der Waals surface area (Å²) in [7, 11) is 0. The number of aliphatic hydroxyl groups is 3. The molecule has 2 rings (SSSR count). The number of anilines is 1. The van der Waals surface area contributed by atoms with Gasteiger partial charge in [0, 0.05) is 6.20 Å². The fraction of sp³-hybridized carbons (Fsp3) is 0.722. The van der Waals surface area contributed by atoms with Gasteiger partial charge in [0.05, 0.1) is 13.2 Å². The summed E-state index contributed by atoms with van der Waals surface area (Å²) in [6.07, 6.45) is 2.09. The van der Waals surface area contributed by atoms with E-state index in [9.17, 15) is 24.9 Å². The quantitative estimate of drug-likeness (QED) is 0.313. The average Bonchev–Trinajstić information content (AvgIpc) is 2.95. The number of nitrogens with zero attached hydrogens (tertiary/aromatic N) is 2. The molecule has 1 aromatic rings. The molecule has 0 amide bonds. The van der Waals surface area contributed by atoms with Crippen LogP contribution in [0.5, 0.6) is 0 Å². The zero-order valence-corrected chi connectivity index (χ0v) is 16.0. The number of aromatic nitrogens is 2. The summed E-state index contributed by atoms with van der Waals surface area (Å²) >= 11 is 0. The van der Waals surface area contributed by atoms with Gasteiger partial charge in [0.2, 0.25) is 0 Å². The first kappa shape index (κ1) is 22.3. The SMILES string of the molecule is CCCCCCCCOC(=O)c1cn([C@@H]2O[C@H](CO)[C@@H](O)[C@@H]2O)c(=O)nc1N. The van der Waals surface area contributed by atoms with E-state index >= 15 is 0 Å². The van der Waals surface area contributed by atoms with E-state index in [2.05, 4.69) is 11.9 Å². The topological polar surface area (TPSA) is 157 Å². The number of aliphatic hydroxyl groups excluding tert-OH is 3. The van der Waals surface area contributed by atoms with Gasteiger partial charge >= 0.3 is 11.7 Å². The Kier molecular flexibility index (Phi) is 8.36. The number of esters is 1. The predicted octanol–water partition coefficient (Wildman–Crippen LogP) is -0.0457. The Morgan fingerprint density at radius 2 is 1.93 bits per heavy atom. The normalized spacial score (nSPS) is 24.4. The van der Waals surface area contributed by atoms with Gasteiger partial charge in [-0.15, -0.1) is 0 Å². The second kappa shape index (κ2) is 10.5. The molecule has 1 aromatic heterocycles. The van der Waals surface area contributed by atoms with Crippen molar-refractivity contribution in [1.29, 1.82) is 0 Å². The zero-order valence-electron chi connectivity index (χ0n) is 16.0. The van der Waals surface area contributed by atoms with Gasteiger partial charge in [0.25, 0.3) is 0 Å².